The molecule has 0 bridgehead atoms. The molecule has 2 rings (SSSR count). The molecule has 0 spiro atoms. The Morgan fingerprint density at radius 2 is 2.00 bits per heavy atom. The van der Waals surface area contributed by atoms with Gasteiger partial charge in [0.2, 0.25) is 0 Å². The first-order valence-electron chi connectivity index (χ1n) is 6.41. The second-order valence-electron chi connectivity index (χ2n) is 4.24. The third-order valence-corrected chi connectivity index (χ3v) is 3.90. The van der Waals surface area contributed by atoms with Gasteiger partial charge in [-0.3, -0.25) is 4.79 Å². The average Bonchev–Trinajstić information content (AvgIpc) is 2.91. The highest BCUT2D eigenvalue weighted by Gasteiger charge is 2.05. The first kappa shape index (κ1) is 15.6. The molecule has 0 unspecified atom stereocenters. The molecule has 0 aliphatic heterocycles. The number of nitrogens with one attached hydrogen (secondary N) is 1. The summed E-state index contributed by atoms with van der Waals surface area (Å²) in [4.78, 5) is 13.0. The van der Waals surface area contributed by atoms with Crippen LogP contribution in [0.3, 0.4) is 0 Å². The van der Waals surface area contributed by atoms with Crippen LogP contribution in [0.15, 0.2) is 36.4 Å². The predicted molar refractivity (Wildman–Crippen MR) is 85.5 cm³/mol. The molecule has 21 heavy (non-hydrogen) atoms. The van der Waals surface area contributed by atoms with Gasteiger partial charge in [-0.1, -0.05) is 23.4 Å². The fraction of sp³-hybridized carbons (Fsp3) is 0.188. The minimum atomic E-state index is -0.130. The van der Waals surface area contributed by atoms with Gasteiger partial charge in [-0.05, 0) is 36.4 Å². The zero-order valence-electron chi connectivity index (χ0n) is 11.2. The molecule has 2 aromatic rings. The maximum absolute atomic E-state index is 12.0. The van der Waals surface area contributed by atoms with E-state index in [0.29, 0.717) is 22.9 Å². The van der Waals surface area contributed by atoms with E-state index in [1.165, 1.54) is 11.3 Å². The number of carbonyl (C=O) groups excluding carboxylic acids is 1. The van der Waals surface area contributed by atoms with Gasteiger partial charge in [0.25, 0.3) is 5.91 Å². The molecular formula is C16H14ClNO2S. The summed E-state index contributed by atoms with van der Waals surface area (Å²) in [5.74, 6) is 5.62. The summed E-state index contributed by atoms with van der Waals surface area (Å²) in [5.41, 5.74) is 1.41. The SMILES string of the molecule is O=C(NCc1ccc(Cl)s1)c1ccc(C#CCCO)cc1. The Balaban J connectivity index is 1.92. The molecule has 1 aromatic carbocycles. The number of hydrogen-bond donors (Lipinski definition) is 2. The van der Waals surface area contributed by atoms with Crippen LogP contribution in [0.4, 0.5) is 0 Å². The quantitative estimate of drug-likeness (QED) is 0.851. The van der Waals surface area contributed by atoms with Gasteiger partial charge in [0, 0.05) is 22.4 Å². The van der Waals surface area contributed by atoms with Crippen LogP contribution >= 0.6 is 22.9 Å². The summed E-state index contributed by atoms with van der Waals surface area (Å²) in [6.45, 7) is 0.522. The minimum absolute atomic E-state index is 0.0558. The summed E-state index contributed by atoms with van der Waals surface area (Å²) in [6.07, 6.45) is 0.450. The molecule has 0 saturated heterocycles. The van der Waals surface area contributed by atoms with Crippen LogP contribution in [0, 0.1) is 11.8 Å². The molecule has 1 amide bonds. The van der Waals surface area contributed by atoms with Gasteiger partial charge in [0.1, 0.15) is 0 Å². The van der Waals surface area contributed by atoms with Gasteiger partial charge in [-0.15, -0.1) is 11.3 Å². The largest absolute Gasteiger partial charge is 0.395 e. The zero-order chi connectivity index (χ0) is 15.1. The van der Waals surface area contributed by atoms with Gasteiger partial charge >= 0.3 is 0 Å². The van der Waals surface area contributed by atoms with Crippen molar-refractivity contribution in [2.75, 3.05) is 6.61 Å². The van der Waals surface area contributed by atoms with E-state index >= 15 is 0 Å². The normalized spacial score (nSPS) is 9.81. The Kier molecular flexibility index (Phi) is 5.82. The Bertz CT molecular complexity index is 668. The number of rotatable bonds is 4. The second-order valence-corrected chi connectivity index (χ2v) is 6.04. The molecule has 2 N–H and O–H groups in total. The Labute approximate surface area is 132 Å². The van der Waals surface area contributed by atoms with E-state index in [1.54, 1.807) is 24.3 Å². The summed E-state index contributed by atoms with van der Waals surface area (Å²) in [7, 11) is 0. The zero-order valence-corrected chi connectivity index (χ0v) is 12.8. The van der Waals surface area contributed by atoms with Gasteiger partial charge in [0.15, 0.2) is 0 Å². The van der Waals surface area contributed by atoms with E-state index in [0.717, 1.165) is 10.4 Å². The molecule has 1 aromatic heterocycles. The maximum atomic E-state index is 12.0. The van der Waals surface area contributed by atoms with Gasteiger partial charge in [-0.2, -0.15) is 0 Å². The predicted octanol–water partition coefficient (Wildman–Crippen LogP) is 3.07. The van der Waals surface area contributed by atoms with Crippen LogP contribution < -0.4 is 5.32 Å². The number of hydrogen-bond acceptors (Lipinski definition) is 3. The number of halogens is 1. The summed E-state index contributed by atoms with van der Waals surface area (Å²) >= 11 is 7.29. The van der Waals surface area contributed by atoms with Gasteiger partial charge < -0.3 is 10.4 Å². The Hall–Kier alpha value is -1.80. The lowest BCUT2D eigenvalue weighted by Gasteiger charge is -2.03. The molecule has 0 saturated carbocycles. The molecule has 3 nitrogen and oxygen atoms in total. The lowest BCUT2D eigenvalue weighted by atomic mass is 10.1. The fourth-order valence-electron chi connectivity index (χ4n) is 1.64. The van der Waals surface area contributed by atoms with E-state index in [4.69, 9.17) is 16.7 Å². The molecule has 0 aliphatic carbocycles. The number of benzene rings is 1. The van der Waals surface area contributed by atoms with E-state index in [1.807, 2.05) is 12.1 Å². The Morgan fingerprint density at radius 1 is 1.24 bits per heavy atom. The van der Waals surface area contributed by atoms with Crippen molar-refractivity contribution in [3.63, 3.8) is 0 Å². The van der Waals surface area contributed by atoms with E-state index < -0.39 is 0 Å². The highest BCUT2D eigenvalue weighted by molar-refractivity contribution is 7.16. The van der Waals surface area contributed by atoms with Crippen molar-refractivity contribution >= 4 is 28.8 Å². The van der Waals surface area contributed by atoms with E-state index in [9.17, 15) is 4.79 Å². The number of aliphatic hydroxyl groups excluding tert-OH is 1. The van der Waals surface area contributed by atoms with Crippen LogP contribution in [0.25, 0.3) is 0 Å². The average molecular weight is 320 g/mol. The first-order chi connectivity index (χ1) is 10.2. The molecule has 0 aliphatic rings. The van der Waals surface area contributed by atoms with Crippen LogP contribution in [0.2, 0.25) is 4.34 Å². The number of carbonyl (C=O) groups is 1. The molecular weight excluding hydrogens is 306 g/mol. The minimum Gasteiger partial charge on any atom is -0.395 e. The van der Waals surface area contributed by atoms with Crippen molar-refractivity contribution in [1.29, 1.82) is 0 Å². The molecule has 108 valence electrons. The van der Waals surface area contributed by atoms with Crippen molar-refractivity contribution in [2.45, 2.75) is 13.0 Å². The van der Waals surface area contributed by atoms with E-state index in [-0.39, 0.29) is 12.5 Å². The second kappa shape index (κ2) is 7.84. The van der Waals surface area contributed by atoms with Crippen LogP contribution in [0.5, 0.6) is 0 Å². The number of thiophene rings is 1. The molecule has 0 atom stereocenters. The monoisotopic (exact) mass is 319 g/mol. The number of amides is 1. The smallest absolute Gasteiger partial charge is 0.251 e. The molecule has 5 heteroatoms. The third kappa shape index (κ3) is 4.91. The van der Waals surface area contributed by atoms with E-state index in [2.05, 4.69) is 17.2 Å². The summed E-state index contributed by atoms with van der Waals surface area (Å²) in [5, 5.41) is 11.5. The van der Waals surface area contributed by atoms with Crippen molar-refractivity contribution in [3.05, 3.63) is 56.7 Å². The Morgan fingerprint density at radius 3 is 2.62 bits per heavy atom. The van der Waals surface area contributed by atoms with Crippen molar-refractivity contribution < 1.29 is 9.90 Å². The van der Waals surface area contributed by atoms with Gasteiger partial charge in [-0.25, -0.2) is 0 Å². The summed E-state index contributed by atoms with van der Waals surface area (Å²) in [6, 6.07) is 10.8. The van der Waals surface area contributed by atoms with Gasteiger partial charge in [0.05, 0.1) is 17.5 Å². The van der Waals surface area contributed by atoms with Crippen LogP contribution in [-0.4, -0.2) is 17.6 Å². The van der Waals surface area contributed by atoms with Crippen molar-refractivity contribution in [3.8, 4) is 11.8 Å². The number of aliphatic hydroxyl groups is 1. The maximum Gasteiger partial charge on any atom is 0.251 e. The molecule has 0 radical (unpaired) electrons. The van der Waals surface area contributed by atoms with Crippen LogP contribution in [-0.2, 0) is 6.54 Å². The lowest BCUT2D eigenvalue weighted by molar-refractivity contribution is 0.0951. The molecule has 1 heterocycles. The van der Waals surface area contributed by atoms with Crippen LogP contribution in [0.1, 0.15) is 27.2 Å². The lowest BCUT2D eigenvalue weighted by Crippen LogP contribution is -2.22. The van der Waals surface area contributed by atoms with Crippen molar-refractivity contribution in [2.24, 2.45) is 0 Å². The van der Waals surface area contributed by atoms with Crippen molar-refractivity contribution in [1.82, 2.24) is 5.32 Å². The highest BCUT2D eigenvalue weighted by atomic mass is 35.5. The first-order valence-corrected chi connectivity index (χ1v) is 7.60. The molecule has 0 fully saturated rings. The standard InChI is InChI=1S/C16H14ClNO2S/c17-15-9-8-14(21-15)11-18-16(20)13-6-4-12(5-7-13)3-1-2-10-19/h4-9,19H,2,10-11H2,(H,18,20). The summed E-state index contributed by atoms with van der Waals surface area (Å²) < 4.78 is 0.713. The highest BCUT2D eigenvalue weighted by Crippen LogP contribution is 2.21. The fourth-order valence-corrected chi connectivity index (χ4v) is 2.67. The topological polar surface area (TPSA) is 49.3 Å². The third-order valence-electron chi connectivity index (χ3n) is 2.67.